The predicted octanol–water partition coefficient (Wildman–Crippen LogP) is 3.33. The maximum absolute atomic E-state index is 5.53. The molecule has 14 heavy (non-hydrogen) atoms. The molecule has 0 fully saturated rings. The molecule has 0 amide bonds. The fourth-order valence-electron chi connectivity index (χ4n) is 1.46. The van der Waals surface area contributed by atoms with E-state index in [1.807, 2.05) is 6.26 Å². The maximum Gasteiger partial charge on any atom is 0.106 e. The molecule has 0 aliphatic heterocycles. The smallest absolute Gasteiger partial charge is 0.106 e. The van der Waals surface area contributed by atoms with E-state index in [-0.39, 0.29) is 0 Å². The summed E-state index contributed by atoms with van der Waals surface area (Å²) in [6.45, 7) is 11.3. The van der Waals surface area contributed by atoms with Crippen molar-refractivity contribution in [2.45, 2.75) is 39.9 Å². The number of allylic oxidation sites excluding steroid dienone is 2. The average Bonchev–Trinajstić information content (AvgIpc) is 2.46. The molecule has 1 nitrogen and oxygen atoms in total. The van der Waals surface area contributed by atoms with Crippen LogP contribution in [0.3, 0.4) is 0 Å². The van der Waals surface area contributed by atoms with Crippen LogP contribution in [0.2, 0.25) is 19.6 Å². The molecule has 1 aromatic heterocycles. The van der Waals surface area contributed by atoms with E-state index in [1.165, 1.54) is 10.8 Å². The molecule has 0 saturated heterocycles. The van der Waals surface area contributed by atoms with Gasteiger partial charge in [-0.15, -0.1) is 0 Å². The first kappa shape index (κ1) is 11.3. The standard InChI is InChI=1S/C12H20OSi/c1-10(2)6-7-11-12(8-9-13-11)14(3,4)5/h6,8-9H,7H2,1-5H3. The Morgan fingerprint density at radius 2 is 2.00 bits per heavy atom. The maximum atomic E-state index is 5.53. The zero-order valence-corrected chi connectivity index (χ0v) is 10.8. The molecular weight excluding hydrogens is 188 g/mol. The molecule has 0 atom stereocenters. The van der Waals surface area contributed by atoms with Gasteiger partial charge in [-0.25, -0.2) is 0 Å². The van der Waals surface area contributed by atoms with E-state index >= 15 is 0 Å². The van der Waals surface area contributed by atoms with Gasteiger partial charge < -0.3 is 4.42 Å². The summed E-state index contributed by atoms with van der Waals surface area (Å²) in [4.78, 5) is 0. The van der Waals surface area contributed by atoms with Crippen LogP contribution in [0.1, 0.15) is 19.6 Å². The van der Waals surface area contributed by atoms with E-state index in [2.05, 4.69) is 45.6 Å². The monoisotopic (exact) mass is 208 g/mol. The van der Waals surface area contributed by atoms with Gasteiger partial charge in [0.25, 0.3) is 0 Å². The normalized spacial score (nSPS) is 11.5. The Hall–Kier alpha value is -0.763. The minimum absolute atomic E-state index is 0.939. The summed E-state index contributed by atoms with van der Waals surface area (Å²) >= 11 is 0. The molecule has 0 aliphatic carbocycles. The van der Waals surface area contributed by atoms with Gasteiger partial charge in [-0.3, -0.25) is 0 Å². The molecule has 1 heterocycles. The second kappa shape index (κ2) is 4.18. The Labute approximate surface area is 87.8 Å². The highest BCUT2D eigenvalue weighted by Crippen LogP contribution is 2.10. The third kappa shape index (κ3) is 2.88. The molecule has 2 heteroatoms. The molecule has 0 saturated carbocycles. The second-order valence-electron chi connectivity index (χ2n) is 4.99. The third-order valence-electron chi connectivity index (χ3n) is 2.25. The summed E-state index contributed by atoms with van der Waals surface area (Å²) in [6.07, 6.45) is 4.99. The van der Waals surface area contributed by atoms with Crippen LogP contribution < -0.4 is 5.19 Å². The lowest BCUT2D eigenvalue weighted by Crippen LogP contribution is -2.38. The lowest BCUT2D eigenvalue weighted by molar-refractivity contribution is 0.525. The van der Waals surface area contributed by atoms with Crippen molar-refractivity contribution >= 4 is 13.3 Å². The minimum atomic E-state index is -1.22. The van der Waals surface area contributed by atoms with E-state index in [0.29, 0.717) is 0 Å². The average molecular weight is 208 g/mol. The van der Waals surface area contributed by atoms with Gasteiger partial charge >= 0.3 is 0 Å². The molecule has 0 aromatic carbocycles. The summed E-state index contributed by atoms with van der Waals surface area (Å²) in [5.74, 6) is 1.16. The highest BCUT2D eigenvalue weighted by atomic mass is 28.3. The van der Waals surface area contributed by atoms with E-state index in [4.69, 9.17) is 4.42 Å². The van der Waals surface area contributed by atoms with Crippen molar-refractivity contribution in [2.24, 2.45) is 0 Å². The van der Waals surface area contributed by atoms with Crippen molar-refractivity contribution in [3.8, 4) is 0 Å². The van der Waals surface area contributed by atoms with Crippen molar-refractivity contribution in [3.63, 3.8) is 0 Å². The van der Waals surface area contributed by atoms with Crippen LogP contribution in [0.15, 0.2) is 28.4 Å². The van der Waals surface area contributed by atoms with Crippen LogP contribution in [0.4, 0.5) is 0 Å². The van der Waals surface area contributed by atoms with Crippen LogP contribution in [0, 0.1) is 0 Å². The van der Waals surface area contributed by atoms with Gasteiger partial charge in [0, 0.05) is 6.42 Å². The Bertz CT molecular complexity index is 324. The van der Waals surface area contributed by atoms with Crippen LogP contribution in [-0.4, -0.2) is 8.07 Å². The van der Waals surface area contributed by atoms with Gasteiger partial charge in [0.15, 0.2) is 0 Å². The fourth-order valence-corrected chi connectivity index (χ4v) is 3.03. The van der Waals surface area contributed by atoms with Gasteiger partial charge in [-0.05, 0) is 25.1 Å². The molecule has 78 valence electrons. The molecule has 0 spiro atoms. The van der Waals surface area contributed by atoms with Crippen molar-refractivity contribution in [1.82, 2.24) is 0 Å². The van der Waals surface area contributed by atoms with Gasteiger partial charge in [0.1, 0.15) is 5.76 Å². The minimum Gasteiger partial charge on any atom is -0.469 e. The summed E-state index contributed by atoms with van der Waals surface area (Å²) in [6, 6.07) is 2.14. The Balaban J connectivity index is 2.89. The molecule has 0 unspecified atom stereocenters. The van der Waals surface area contributed by atoms with Crippen molar-refractivity contribution < 1.29 is 4.42 Å². The number of hydrogen-bond donors (Lipinski definition) is 0. The van der Waals surface area contributed by atoms with E-state index < -0.39 is 8.07 Å². The quantitative estimate of drug-likeness (QED) is 0.548. The Morgan fingerprint density at radius 3 is 2.50 bits per heavy atom. The summed E-state index contributed by atoms with van der Waals surface area (Å²) < 4.78 is 5.53. The van der Waals surface area contributed by atoms with E-state index in [9.17, 15) is 0 Å². The molecule has 0 radical (unpaired) electrons. The summed E-state index contributed by atoms with van der Waals surface area (Å²) in [7, 11) is -1.22. The van der Waals surface area contributed by atoms with Gasteiger partial charge in [-0.1, -0.05) is 31.3 Å². The lowest BCUT2D eigenvalue weighted by Gasteiger charge is -2.15. The van der Waals surface area contributed by atoms with E-state index in [0.717, 1.165) is 12.2 Å². The third-order valence-corrected chi connectivity index (χ3v) is 4.31. The van der Waals surface area contributed by atoms with Crippen LogP contribution in [0.25, 0.3) is 0 Å². The second-order valence-corrected chi connectivity index (χ2v) is 10.0. The molecule has 0 N–H and O–H groups in total. The van der Waals surface area contributed by atoms with Crippen LogP contribution in [0.5, 0.6) is 0 Å². The zero-order chi connectivity index (χ0) is 10.8. The molecule has 1 rings (SSSR count). The summed E-state index contributed by atoms with van der Waals surface area (Å²) in [5, 5.41) is 1.45. The largest absolute Gasteiger partial charge is 0.469 e. The van der Waals surface area contributed by atoms with Crippen molar-refractivity contribution in [2.75, 3.05) is 0 Å². The topological polar surface area (TPSA) is 13.1 Å². The molecular formula is C12H20OSi. The summed E-state index contributed by atoms with van der Waals surface area (Å²) in [5.41, 5.74) is 1.35. The van der Waals surface area contributed by atoms with Gasteiger partial charge in [-0.2, -0.15) is 0 Å². The van der Waals surface area contributed by atoms with Crippen molar-refractivity contribution in [1.29, 1.82) is 0 Å². The van der Waals surface area contributed by atoms with E-state index in [1.54, 1.807) is 0 Å². The van der Waals surface area contributed by atoms with Gasteiger partial charge in [0.2, 0.25) is 0 Å². The first-order valence-corrected chi connectivity index (χ1v) is 8.61. The molecule has 0 bridgehead atoms. The fraction of sp³-hybridized carbons (Fsp3) is 0.500. The van der Waals surface area contributed by atoms with Gasteiger partial charge in [0.05, 0.1) is 14.3 Å². The Kier molecular flexibility index (Phi) is 3.37. The zero-order valence-electron chi connectivity index (χ0n) is 9.85. The van der Waals surface area contributed by atoms with Crippen LogP contribution >= 0.6 is 0 Å². The number of rotatable bonds is 3. The van der Waals surface area contributed by atoms with Crippen molar-refractivity contribution in [3.05, 3.63) is 29.7 Å². The lowest BCUT2D eigenvalue weighted by atomic mass is 10.2. The Morgan fingerprint density at radius 1 is 1.36 bits per heavy atom. The number of furan rings is 1. The van der Waals surface area contributed by atoms with Crippen LogP contribution in [-0.2, 0) is 6.42 Å². The first-order chi connectivity index (χ1) is 6.41. The number of hydrogen-bond acceptors (Lipinski definition) is 1. The predicted molar refractivity (Wildman–Crippen MR) is 64.8 cm³/mol. The highest BCUT2D eigenvalue weighted by molar-refractivity contribution is 6.89. The highest BCUT2D eigenvalue weighted by Gasteiger charge is 2.21. The molecule has 1 aromatic rings. The SMILES string of the molecule is CC(C)=CCc1occc1[Si](C)(C)C. The first-order valence-electron chi connectivity index (χ1n) is 5.11. The molecule has 0 aliphatic rings.